The standard InChI is InChI=1S/C10H16BrN5O/c1-6(2)16-7(17)3-4-13-10-8(11)9(12)14-5-15-10/h5-6H,3-4H2,1-2H3,(H,16,17)(H3,12,13,14,15). The highest BCUT2D eigenvalue weighted by atomic mass is 79.9. The Kier molecular flexibility index (Phi) is 5.14. The van der Waals surface area contributed by atoms with Gasteiger partial charge in [-0.3, -0.25) is 4.79 Å². The number of nitrogen functional groups attached to an aromatic ring is 1. The second-order valence-corrected chi connectivity index (χ2v) is 4.61. The van der Waals surface area contributed by atoms with Crippen molar-refractivity contribution in [2.45, 2.75) is 26.3 Å². The summed E-state index contributed by atoms with van der Waals surface area (Å²) in [4.78, 5) is 19.2. The van der Waals surface area contributed by atoms with Crippen LogP contribution < -0.4 is 16.4 Å². The molecule has 0 bridgehead atoms. The van der Waals surface area contributed by atoms with E-state index in [1.807, 2.05) is 13.8 Å². The van der Waals surface area contributed by atoms with Crippen LogP contribution in [0, 0.1) is 0 Å². The van der Waals surface area contributed by atoms with Crippen LogP contribution in [0.3, 0.4) is 0 Å². The number of hydrogen-bond acceptors (Lipinski definition) is 5. The Morgan fingerprint density at radius 2 is 2.24 bits per heavy atom. The maximum Gasteiger partial charge on any atom is 0.221 e. The van der Waals surface area contributed by atoms with Crippen LogP contribution in [0.25, 0.3) is 0 Å². The number of hydrogen-bond donors (Lipinski definition) is 3. The third-order valence-corrected chi connectivity index (χ3v) is 2.69. The van der Waals surface area contributed by atoms with Gasteiger partial charge in [-0.1, -0.05) is 0 Å². The fourth-order valence-corrected chi connectivity index (χ4v) is 1.54. The number of halogens is 1. The Labute approximate surface area is 109 Å². The summed E-state index contributed by atoms with van der Waals surface area (Å²) in [7, 11) is 0. The number of anilines is 2. The van der Waals surface area contributed by atoms with Crippen LogP contribution in [-0.2, 0) is 4.79 Å². The van der Waals surface area contributed by atoms with E-state index in [0.717, 1.165) is 0 Å². The molecule has 4 N–H and O–H groups in total. The molecule has 0 aromatic carbocycles. The number of nitrogens with two attached hydrogens (primary N) is 1. The molecule has 7 heteroatoms. The summed E-state index contributed by atoms with van der Waals surface area (Å²) >= 11 is 3.27. The smallest absolute Gasteiger partial charge is 0.221 e. The lowest BCUT2D eigenvalue weighted by Gasteiger charge is -2.10. The predicted octanol–water partition coefficient (Wildman–Crippen LogP) is 1.15. The lowest BCUT2D eigenvalue weighted by atomic mass is 10.3. The minimum absolute atomic E-state index is 0.00523. The zero-order valence-electron chi connectivity index (χ0n) is 9.83. The van der Waals surface area contributed by atoms with Crippen molar-refractivity contribution in [3.8, 4) is 0 Å². The highest BCUT2D eigenvalue weighted by molar-refractivity contribution is 9.10. The number of amides is 1. The van der Waals surface area contributed by atoms with E-state index in [-0.39, 0.29) is 11.9 Å². The van der Waals surface area contributed by atoms with Crippen LogP contribution in [0.15, 0.2) is 10.8 Å². The van der Waals surface area contributed by atoms with Crippen LogP contribution >= 0.6 is 15.9 Å². The molecular weight excluding hydrogens is 286 g/mol. The van der Waals surface area contributed by atoms with Gasteiger partial charge in [0.2, 0.25) is 5.91 Å². The number of carbonyl (C=O) groups is 1. The molecule has 94 valence electrons. The van der Waals surface area contributed by atoms with Crippen LogP contribution in [0.1, 0.15) is 20.3 Å². The highest BCUT2D eigenvalue weighted by Gasteiger charge is 2.07. The largest absolute Gasteiger partial charge is 0.383 e. The van der Waals surface area contributed by atoms with Gasteiger partial charge in [0.1, 0.15) is 22.4 Å². The molecule has 1 heterocycles. The minimum Gasteiger partial charge on any atom is -0.383 e. The van der Waals surface area contributed by atoms with Crippen molar-refractivity contribution in [3.63, 3.8) is 0 Å². The number of rotatable bonds is 5. The molecule has 0 spiro atoms. The molecule has 1 rings (SSSR count). The molecule has 0 radical (unpaired) electrons. The van der Waals surface area contributed by atoms with Crippen LogP contribution in [-0.4, -0.2) is 28.5 Å². The summed E-state index contributed by atoms with van der Waals surface area (Å²) in [6.45, 7) is 4.34. The van der Waals surface area contributed by atoms with Gasteiger partial charge < -0.3 is 16.4 Å². The quantitative estimate of drug-likeness (QED) is 0.758. The summed E-state index contributed by atoms with van der Waals surface area (Å²) in [5.74, 6) is 0.967. The van der Waals surface area contributed by atoms with E-state index in [1.54, 1.807) is 0 Å². The zero-order chi connectivity index (χ0) is 12.8. The molecule has 0 fully saturated rings. The molecule has 0 aliphatic carbocycles. The molecule has 0 aliphatic rings. The van der Waals surface area contributed by atoms with E-state index in [2.05, 4.69) is 36.5 Å². The summed E-state index contributed by atoms with van der Waals surface area (Å²) in [5.41, 5.74) is 5.60. The zero-order valence-corrected chi connectivity index (χ0v) is 11.4. The molecule has 0 atom stereocenters. The van der Waals surface area contributed by atoms with Gasteiger partial charge in [-0.25, -0.2) is 9.97 Å². The van der Waals surface area contributed by atoms with Gasteiger partial charge in [0, 0.05) is 19.0 Å². The van der Waals surface area contributed by atoms with Gasteiger partial charge in [-0.2, -0.15) is 0 Å². The fraction of sp³-hybridized carbons (Fsp3) is 0.500. The highest BCUT2D eigenvalue weighted by Crippen LogP contribution is 2.23. The summed E-state index contributed by atoms with van der Waals surface area (Å²) in [6, 6.07) is 0.156. The Morgan fingerprint density at radius 1 is 1.53 bits per heavy atom. The number of carbonyl (C=O) groups excluding carboxylic acids is 1. The molecule has 1 aromatic rings. The summed E-state index contributed by atoms with van der Waals surface area (Å²) in [5, 5.41) is 5.83. The fourth-order valence-electron chi connectivity index (χ4n) is 1.20. The second-order valence-electron chi connectivity index (χ2n) is 3.82. The average molecular weight is 302 g/mol. The van der Waals surface area contributed by atoms with E-state index in [1.165, 1.54) is 6.33 Å². The van der Waals surface area contributed by atoms with Crippen LogP contribution in [0.4, 0.5) is 11.6 Å². The van der Waals surface area contributed by atoms with Gasteiger partial charge in [-0.15, -0.1) is 0 Å². The van der Waals surface area contributed by atoms with Gasteiger partial charge in [0.05, 0.1) is 0 Å². The van der Waals surface area contributed by atoms with Crippen molar-refractivity contribution >= 4 is 33.5 Å². The van der Waals surface area contributed by atoms with Gasteiger partial charge in [0.25, 0.3) is 0 Å². The molecule has 6 nitrogen and oxygen atoms in total. The van der Waals surface area contributed by atoms with Gasteiger partial charge in [-0.05, 0) is 29.8 Å². The van der Waals surface area contributed by atoms with Crippen molar-refractivity contribution in [2.24, 2.45) is 0 Å². The molecule has 1 amide bonds. The van der Waals surface area contributed by atoms with E-state index < -0.39 is 0 Å². The van der Waals surface area contributed by atoms with Gasteiger partial charge >= 0.3 is 0 Å². The Morgan fingerprint density at radius 3 is 2.88 bits per heavy atom. The van der Waals surface area contributed by atoms with E-state index in [9.17, 15) is 4.79 Å². The first-order valence-corrected chi connectivity index (χ1v) is 6.09. The molecule has 0 saturated carbocycles. The molecular formula is C10H16BrN5O. The Bertz CT molecular complexity index is 396. The molecule has 0 saturated heterocycles. The SMILES string of the molecule is CC(C)NC(=O)CCNc1ncnc(N)c1Br. The average Bonchev–Trinajstić information content (AvgIpc) is 2.23. The second kappa shape index (κ2) is 6.39. The first-order valence-electron chi connectivity index (χ1n) is 5.30. The normalized spacial score (nSPS) is 10.4. The first-order chi connectivity index (χ1) is 8.00. The minimum atomic E-state index is 0.00523. The number of nitrogens with one attached hydrogen (secondary N) is 2. The number of aromatic nitrogens is 2. The maximum atomic E-state index is 11.4. The van der Waals surface area contributed by atoms with Crippen LogP contribution in [0.5, 0.6) is 0 Å². The molecule has 0 aliphatic heterocycles. The van der Waals surface area contributed by atoms with Crippen molar-refractivity contribution in [2.75, 3.05) is 17.6 Å². The van der Waals surface area contributed by atoms with E-state index in [0.29, 0.717) is 29.1 Å². The van der Waals surface area contributed by atoms with Gasteiger partial charge in [0.15, 0.2) is 0 Å². The molecule has 0 unspecified atom stereocenters. The van der Waals surface area contributed by atoms with E-state index >= 15 is 0 Å². The Balaban J connectivity index is 2.41. The third-order valence-electron chi connectivity index (χ3n) is 1.91. The van der Waals surface area contributed by atoms with Crippen molar-refractivity contribution in [1.29, 1.82) is 0 Å². The number of nitrogens with zero attached hydrogens (tertiary/aromatic N) is 2. The van der Waals surface area contributed by atoms with Crippen LogP contribution in [0.2, 0.25) is 0 Å². The molecule has 1 aromatic heterocycles. The molecule has 17 heavy (non-hydrogen) atoms. The summed E-state index contributed by atoms with van der Waals surface area (Å²) < 4.78 is 0.615. The van der Waals surface area contributed by atoms with E-state index in [4.69, 9.17) is 5.73 Å². The van der Waals surface area contributed by atoms with Crippen molar-refractivity contribution in [3.05, 3.63) is 10.8 Å². The monoisotopic (exact) mass is 301 g/mol. The maximum absolute atomic E-state index is 11.4. The van der Waals surface area contributed by atoms with Crippen molar-refractivity contribution in [1.82, 2.24) is 15.3 Å². The van der Waals surface area contributed by atoms with Crippen molar-refractivity contribution < 1.29 is 4.79 Å². The Hall–Kier alpha value is -1.37. The predicted molar refractivity (Wildman–Crippen MR) is 70.5 cm³/mol. The lowest BCUT2D eigenvalue weighted by Crippen LogP contribution is -2.31. The lowest BCUT2D eigenvalue weighted by molar-refractivity contribution is -0.121. The summed E-state index contributed by atoms with van der Waals surface area (Å²) in [6.07, 6.45) is 1.76. The first kappa shape index (κ1) is 13.7. The third kappa shape index (κ3) is 4.56. The topological polar surface area (TPSA) is 92.9 Å².